The second-order valence-corrected chi connectivity index (χ2v) is 15.5. The number of carboxylic acids is 1. The van der Waals surface area contributed by atoms with Crippen molar-refractivity contribution < 1.29 is 38.2 Å². The first-order valence-corrected chi connectivity index (χ1v) is 22.0. The number of likely N-dealkylation sites (N-methyl/N-ethyl adjacent to an activating group) is 1. The third kappa shape index (κ3) is 36.4. The Morgan fingerprint density at radius 1 is 0.536 bits per heavy atom. The molecule has 0 rings (SSSR count). The summed E-state index contributed by atoms with van der Waals surface area (Å²) in [5, 5.41) is 11.6. The minimum atomic E-state index is -1.13. The number of esters is 2. The van der Waals surface area contributed by atoms with E-state index in [9.17, 15) is 19.5 Å². The standard InChI is InChI=1S/C48H81NO7/c1-6-8-10-12-14-16-18-20-21-22-23-24-25-26-27-29-31-33-35-37-39-47(51)56-44(42-54-41-40-45(48(52)53)49(3,4)5)43-55-46(50)38-36-34-32-30-28-19-17-15-13-11-9-7-2/h8-11,14-17,20-21,28,30,44-45H,6-7,12-13,18-19,22-27,29,31-43H2,1-5H3/b10-8+,11-9+,16-14+,17-15+,21-20+,30-28+. The molecule has 0 aliphatic carbocycles. The number of allylic oxidation sites excluding steroid dienone is 12. The van der Waals surface area contributed by atoms with Crippen LogP contribution in [0.3, 0.4) is 0 Å². The number of carbonyl (C=O) groups is 3. The average molecular weight is 784 g/mol. The fourth-order valence-corrected chi connectivity index (χ4v) is 5.98. The number of hydrogen-bond donors (Lipinski definition) is 0. The number of quaternary nitrogens is 1. The van der Waals surface area contributed by atoms with Crippen LogP contribution >= 0.6 is 0 Å². The maximum absolute atomic E-state index is 12.7. The molecule has 8 nitrogen and oxygen atoms in total. The predicted molar refractivity (Wildman–Crippen MR) is 231 cm³/mol. The lowest BCUT2D eigenvalue weighted by molar-refractivity contribution is -0.889. The Balaban J connectivity index is 4.35. The summed E-state index contributed by atoms with van der Waals surface area (Å²) in [5.74, 6) is -1.80. The Hall–Kier alpha value is -3.23. The minimum Gasteiger partial charge on any atom is -0.544 e. The molecule has 0 bridgehead atoms. The quantitative estimate of drug-likeness (QED) is 0.0266. The normalized spacial score (nSPS) is 13.7. The van der Waals surface area contributed by atoms with Gasteiger partial charge in [0.2, 0.25) is 0 Å². The number of rotatable bonds is 38. The Bertz CT molecular complexity index is 1140. The van der Waals surface area contributed by atoms with Crippen molar-refractivity contribution >= 4 is 17.9 Å². The van der Waals surface area contributed by atoms with Gasteiger partial charge in [-0.05, 0) is 77.0 Å². The highest BCUT2D eigenvalue weighted by Crippen LogP contribution is 2.14. The molecule has 0 aromatic rings. The van der Waals surface area contributed by atoms with Gasteiger partial charge in [0.1, 0.15) is 12.6 Å². The van der Waals surface area contributed by atoms with Gasteiger partial charge >= 0.3 is 11.9 Å². The van der Waals surface area contributed by atoms with Crippen molar-refractivity contribution in [2.75, 3.05) is 41.0 Å². The van der Waals surface area contributed by atoms with Crippen LogP contribution in [0.1, 0.15) is 162 Å². The van der Waals surface area contributed by atoms with E-state index in [0.717, 1.165) is 70.6 Å². The van der Waals surface area contributed by atoms with Crippen LogP contribution in [0.4, 0.5) is 0 Å². The molecule has 0 amide bonds. The Kier molecular flexibility index (Phi) is 36.4. The van der Waals surface area contributed by atoms with Crippen LogP contribution in [0.2, 0.25) is 0 Å². The summed E-state index contributed by atoms with van der Waals surface area (Å²) in [7, 11) is 5.38. The van der Waals surface area contributed by atoms with Crippen LogP contribution in [-0.4, -0.2) is 75.5 Å². The first-order chi connectivity index (χ1) is 27.1. The second-order valence-electron chi connectivity index (χ2n) is 15.5. The highest BCUT2D eigenvalue weighted by molar-refractivity contribution is 5.70. The van der Waals surface area contributed by atoms with Crippen LogP contribution in [0.25, 0.3) is 0 Å². The summed E-state index contributed by atoms with van der Waals surface area (Å²) in [6, 6.07) is -0.734. The molecule has 56 heavy (non-hydrogen) atoms. The molecule has 0 spiro atoms. The monoisotopic (exact) mass is 784 g/mol. The molecule has 0 fully saturated rings. The number of carboxylic acid groups (broad SMARTS) is 1. The molecule has 0 saturated heterocycles. The van der Waals surface area contributed by atoms with Gasteiger partial charge in [0.25, 0.3) is 0 Å². The van der Waals surface area contributed by atoms with E-state index in [0.29, 0.717) is 19.3 Å². The molecule has 0 N–H and O–H groups in total. The van der Waals surface area contributed by atoms with E-state index in [-0.39, 0.29) is 42.7 Å². The lowest BCUT2D eigenvalue weighted by Gasteiger charge is -2.34. The van der Waals surface area contributed by atoms with Crippen molar-refractivity contribution in [2.45, 2.75) is 174 Å². The van der Waals surface area contributed by atoms with Gasteiger partial charge in [-0.1, -0.05) is 138 Å². The van der Waals surface area contributed by atoms with Gasteiger partial charge in [0.15, 0.2) is 6.10 Å². The molecule has 0 saturated carbocycles. The molecule has 0 heterocycles. The van der Waals surface area contributed by atoms with Crippen LogP contribution < -0.4 is 5.11 Å². The molecule has 0 aliphatic rings. The topological polar surface area (TPSA) is 102 Å². The lowest BCUT2D eigenvalue weighted by Crippen LogP contribution is -2.55. The van der Waals surface area contributed by atoms with Crippen molar-refractivity contribution in [2.24, 2.45) is 0 Å². The van der Waals surface area contributed by atoms with E-state index in [1.165, 1.54) is 51.4 Å². The van der Waals surface area contributed by atoms with Crippen molar-refractivity contribution in [3.63, 3.8) is 0 Å². The largest absolute Gasteiger partial charge is 0.544 e. The van der Waals surface area contributed by atoms with Gasteiger partial charge in [0.05, 0.1) is 40.3 Å². The Labute approximate surface area is 342 Å². The van der Waals surface area contributed by atoms with Gasteiger partial charge in [-0.2, -0.15) is 0 Å². The maximum atomic E-state index is 12.7. The molecular weight excluding hydrogens is 703 g/mol. The van der Waals surface area contributed by atoms with E-state index in [4.69, 9.17) is 14.2 Å². The number of ether oxygens (including phenoxy) is 3. The van der Waals surface area contributed by atoms with E-state index in [1.54, 1.807) is 21.1 Å². The van der Waals surface area contributed by atoms with Gasteiger partial charge in [-0.15, -0.1) is 0 Å². The number of hydrogen-bond acceptors (Lipinski definition) is 7. The van der Waals surface area contributed by atoms with Gasteiger partial charge in [-0.3, -0.25) is 9.59 Å². The highest BCUT2D eigenvalue weighted by atomic mass is 16.6. The molecule has 8 heteroatoms. The first-order valence-electron chi connectivity index (χ1n) is 22.0. The minimum absolute atomic E-state index is 0.0236. The van der Waals surface area contributed by atoms with Crippen LogP contribution in [-0.2, 0) is 28.6 Å². The maximum Gasteiger partial charge on any atom is 0.306 e. The van der Waals surface area contributed by atoms with E-state index in [2.05, 4.69) is 86.8 Å². The van der Waals surface area contributed by atoms with Gasteiger partial charge in [-0.25, -0.2) is 0 Å². The molecular formula is C48H81NO7. The van der Waals surface area contributed by atoms with Crippen molar-refractivity contribution in [1.82, 2.24) is 0 Å². The van der Waals surface area contributed by atoms with E-state index in [1.807, 2.05) is 0 Å². The summed E-state index contributed by atoms with van der Waals surface area (Å²) >= 11 is 0. The van der Waals surface area contributed by atoms with Crippen molar-refractivity contribution in [1.29, 1.82) is 0 Å². The van der Waals surface area contributed by atoms with Crippen molar-refractivity contribution in [3.05, 3.63) is 72.9 Å². The Morgan fingerprint density at radius 2 is 0.946 bits per heavy atom. The smallest absolute Gasteiger partial charge is 0.306 e. The molecule has 0 aromatic heterocycles. The summed E-state index contributed by atoms with van der Waals surface area (Å²) in [4.78, 5) is 36.8. The number of aliphatic carboxylic acids is 1. The summed E-state index contributed by atoms with van der Waals surface area (Å²) in [6.45, 7) is 4.38. The zero-order valence-electron chi connectivity index (χ0n) is 36.3. The van der Waals surface area contributed by atoms with Crippen LogP contribution in [0.5, 0.6) is 0 Å². The predicted octanol–water partition coefficient (Wildman–Crippen LogP) is 10.6. The SMILES string of the molecule is CC/C=C/C/C=C/C/C=C/CCCCCCCCCCCCC(=O)OC(COCCC(C(=O)[O-])[N+](C)(C)C)COC(=O)CCCC/C=C/C/C=C/C/C=C/CC. The fraction of sp³-hybridized carbons (Fsp3) is 0.688. The van der Waals surface area contributed by atoms with Gasteiger partial charge < -0.3 is 28.6 Å². The molecule has 320 valence electrons. The number of nitrogens with zero attached hydrogens (tertiary/aromatic N) is 1. The van der Waals surface area contributed by atoms with Crippen LogP contribution in [0, 0.1) is 0 Å². The fourth-order valence-electron chi connectivity index (χ4n) is 5.98. The molecule has 2 unspecified atom stereocenters. The van der Waals surface area contributed by atoms with Crippen molar-refractivity contribution in [3.8, 4) is 0 Å². The molecule has 0 aromatic carbocycles. The second kappa shape index (κ2) is 38.6. The zero-order chi connectivity index (χ0) is 41.4. The molecule has 0 aliphatic heterocycles. The summed E-state index contributed by atoms with van der Waals surface area (Å²) in [5.41, 5.74) is 0. The van der Waals surface area contributed by atoms with Crippen LogP contribution in [0.15, 0.2) is 72.9 Å². The zero-order valence-corrected chi connectivity index (χ0v) is 36.3. The Morgan fingerprint density at radius 3 is 1.43 bits per heavy atom. The van der Waals surface area contributed by atoms with E-state index >= 15 is 0 Å². The summed E-state index contributed by atoms with van der Waals surface area (Å²) in [6.07, 6.45) is 47.9. The molecule has 0 radical (unpaired) electrons. The number of carbonyl (C=O) groups excluding carboxylic acids is 3. The first kappa shape index (κ1) is 52.8. The number of unbranched alkanes of at least 4 members (excludes halogenated alkanes) is 12. The average Bonchev–Trinajstić information content (AvgIpc) is 3.15. The van der Waals surface area contributed by atoms with Gasteiger partial charge in [0, 0.05) is 19.3 Å². The van der Waals surface area contributed by atoms with E-state index < -0.39 is 18.1 Å². The highest BCUT2D eigenvalue weighted by Gasteiger charge is 2.25. The third-order valence-corrected chi connectivity index (χ3v) is 9.34. The summed E-state index contributed by atoms with van der Waals surface area (Å²) < 4.78 is 17.1. The third-order valence-electron chi connectivity index (χ3n) is 9.34. The molecule has 2 atom stereocenters. The lowest BCUT2D eigenvalue weighted by atomic mass is 10.0.